The minimum Gasteiger partial charge on any atom is -0.391 e. The minimum atomic E-state index is -0.551. The van der Waals surface area contributed by atoms with Gasteiger partial charge in [0.05, 0.1) is 17.6 Å². The van der Waals surface area contributed by atoms with E-state index in [-0.39, 0.29) is 12.2 Å². The Labute approximate surface area is 68.6 Å². The third-order valence-corrected chi connectivity index (χ3v) is 1.28. The van der Waals surface area contributed by atoms with Crippen molar-refractivity contribution in [3.05, 3.63) is 22.5 Å². The lowest BCUT2D eigenvalue weighted by Gasteiger charge is -2.01. The van der Waals surface area contributed by atoms with Gasteiger partial charge in [0.25, 0.3) is 0 Å². The van der Waals surface area contributed by atoms with E-state index < -0.39 is 11.0 Å². The molecule has 1 N–H and O–H groups in total. The number of nitro groups is 1. The van der Waals surface area contributed by atoms with Crippen molar-refractivity contribution < 1.29 is 10.0 Å². The molecule has 66 valence electrons. The van der Waals surface area contributed by atoms with Gasteiger partial charge in [-0.25, -0.2) is 0 Å². The molecule has 0 saturated carbocycles. The predicted octanol–water partition coefficient (Wildman–Crippen LogP) is 0.172. The van der Waals surface area contributed by atoms with Crippen molar-refractivity contribution in [2.45, 2.75) is 19.6 Å². The Kier molecular flexibility index (Phi) is 2.39. The van der Waals surface area contributed by atoms with Crippen LogP contribution in [0.2, 0.25) is 0 Å². The van der Waals surface area contributed by atoms with Gasteiger partial charge in [0, 0.05) is 0 Å². The molecule has 0 fully saturated rings. The van der Waals surface area contributed by atoms with Crippen LogP contribution in [0.3, 0.4) is 0 Å². The van der Waals surface area contributed by atoms with Crippen LogP contribution in [-0.2, 0) is 6.54 Å². The molecule has 1 heterocycles. The fourth-order valence-electron chi connectivity index (χ4n) is 0.818. The molecule has 0 aliphatic rings. The van der Waals surface area contributed by atoms with E-state index in [2.05, 4.69) is 5.10 Å². The Bertz CT molecular complexity index is 281. The standard InChI is InChI=1S/C6H9N3O3/c1-5(10)3-8-4-6(2-7-8)9(11)12/h2,4-5,10H,3H2,1H3/t5-/m0/s1. The number of aliphatic hydroxyl groups is 1. The first-order valence-electron chi connectivity index (χ1n) is 3.44. The summed E-state index contributed by atoms with van der Waals surface area (Å²) in [6.07, 6.45) is 1.89. The molecule has 1 atom stereocenters. The normalized spacial score (nSPS) is 12.8. The van der Waals surface area contributed by atoms with Gasteiger partial charge in [-0.2, -0.15) is 5.10 Å². The van der Waals surface area contributed by atoms with Gasteiger partial charge in [-0.3, -0.25) is 14.8 Å². The predicted molar refractivity (Wildman–Crippen MR) is 40.6 cm³/mol. The van der Waals surface area contributed by atoms with Crippen LogP contribution >= 0.6 is 0 Å². The molecule has 1 rings (SSSR count). The van der Waals surface area contributed by atoms with Crippen LogP contribution in [-0.4, -0.2) is 25.9 Å². The average molecular weight is 171 g/mol. The number of hydrogen-bond acceptors (Lipinski definition) is 4. The summed E-state index contributed by atoms with van der Waals surface area (Å²) in [4.78, 5) is 9.67. The third kappa shape index (κ3) is 2.03. The molecule has 0 aromatic carbocycles. The van der Waals surface area contributed by atoms with Crippen LogP contribution in [0.5, 0.6) is 0 Å². The molecule has 0 radical (unpaired) electrons. The van der Waals surface area contributed by atoms with Crippen LogP contribution in [0, 0.1) is 10.1 Å². The Morgan fingerprint density at radius 2 is 2.58 bits per heavy atom. The lowest BCUT2D eigenvalue weighted by Crippen LogP contribution is -2.11. The van der Waals surface area contributed by atoms with Crippen molar-refractivity contribution in [3.8, 4) is 0 Å². The van der Waals surface area contributed by atoms with Gasteiger partial charge in [-0.15, -0.1) is 0 Å². The zero-order valence-corrected chi connectivity index (χ0v) is 6.54. The first kappa shape index (κ1) is 8.66. The van der Waals surface area contributed by atoms with E-state index in [4.69, 9.17) is 5.11 Å². The van der Waals surface area contributed by atoms with E-state index in [9.17, 15) is 10.1 Å². The fourth-order valence-corrected chi connectivity index (χ4v) is 0.818. The molecule has 6 heteroatoms. The Balaban J connectivity index is 2.71. The zero-order chi connectivity index (χ0) is 9.14. The van der Waals surface area contributed by atoms with Crippen molar-refractivity contribution >= 4 is 5.69 Å². The van der Waals surface area contributed by atoms with Crippen molar-refractivity contribution in [2.75, 3.05) is 0 Å². The summed E-state index contributed by atoms with van der Waals surface area (Å²) in [5, 5.41) is 22.8. The van der Waals surface area contributed by atoms with E-state index in [1.165, 1.54) is 10.9 Å². The van der Waals surface area contributed by atoms with Gasteiger partial charge in [-0.1, -0.05) is 0 Å². The molecule has 0 unspecified atom stereocenters. The molecule has 0 aliphatic carbocycles. The molecular weight excluding hydrogens is 162 g/mol. The quantitative estimate of drug-likeness (QED) is 0.519. The second-order valence-electron chi connectivity index (χ2n) is 2.53. The topological polar surface area (TPSA) is 81.2 Å². The number of nitrogens with zero attached hydrogens (tertiary/aromatic N) is 3. The first-order valence-corrected chi connectivity index (χ1v) is 3.44. The molecule has 0 aliphatic heterocycles. The zero-order valence-electron chi connectivity index (χ0n) is 6.54. The highest BCUT2D eigenvalue weighted by Gasteiger charge is 2.09. The van der Waals surface area contributed by atoms with Crippen LogP contribution in [0.4, 0.5) is 5.69 Å². The molecule has 0 amide bonds. The second-order valence-corrected chi connectivity index (χ2v) is 2.53. The van der Waals surface area contributed by atoms with Crippen LogP contribution in [0.1, 0.15) is 6.92 Å². The second kappa shape index (κ2) is 3.31. The van der Waals surface area contributed by atoms with Gasteiger partial charge in [0.15, 0.2) is 0 Å². The highest BCUT2D eigenvalue weighted by atomic mass is 16.6. The SMILES string of the molecule is C[C@H](O)Cn1cc([N+](=O)[O-])cn1. The average Bonchev–Trinajstić information content (AvgIpc) is 2.34. The largest absolute Gasteiger partial charge is 0.391 e. The highest BCUT2D eigenvalue weighted by molar-refractivity contribution is 5.20. The van der Waals surface area contributed by atoms with Gasteiger partial charge in [0.1, 0.15) is 12.4 Å². The van der Waals surface area contributed by atoms with Gasteiger partial charge in [-0.05, 0) is 6.92 Å². The van der Waals surface area contributed by atoms with E-state index in [1.807, 2.05) is 0 Å². The maximum Gasteiger partial charge on any atom is 0.306 e. The Morgan fingerprint density at radius 3 is 3.00 bits per heavy atom. The Hall–Kier alpha value is -1.43. The smallest absolute Gasteiger partial charge is 0.306 e. The van der Waals surface area contributed by atoms with Crippen molar-refractivity contribution in [1.29, 1.82) is 0 Å². The van der Waals surface area contributed by atoms with E-state index in [1.54, 1.807) is 6.92 Å². The summed E-state index contributed by atoms with van der Waals surface area (Å²) < 4.78 is 1.34. The van der Waals surface area contributed by atoms with Gasteiger partial charge < -0.3 is 5.11 Å². The Morgan fingerprint density at radius 1 is 1.92 bits per heavy atom. The van der Waals surface area contributed by atoms with Crippen LogP contribution < -0.4 is 0 Å². The molecule has 0 spiro atoms. The molecule has 1 aromatic heterocycles. The van der Waals surface area contributed by atoms with Gasteiger partial charge >= 0.3 is 5.69 Å². The fraction of sp³-hybridized carbons (Fsp3) is 0.500. The van der Waals surface area contributed by atoms with Crippen LogP contribution in [0.25, 0.3) is 0 Å². The van der Waals surface area contributed by atoms with Gasteiger partial charge in [0.2, 0.25) is 0 Å². The molecular formula is C6H9N3O3. The molecule has 6 nitrogen and oxygen atoms in total. The number of hydrogen-bond donors (Lipinski definition) is 1. The monoisotopic (exact) mass is 171 g/mol. The third-order valence-electron chi connectivity index (χ3n) is 1.28. The van der Waals surface area contributed by atoms with E-state index >= 15 is 0 Å². The van der Waals surface area contributed by atoms with Crippen molar-refractivity contribution in [1.82, 2.24) is 9.78 Å². The maximum absolute atomic E-state index is 10.2. The lowest BCUT2D eigenvalue weighted by molar-refractivity contribution is -0.385. The molecule has 0 bridgehead atoms. The first-order chi connectivity index (χ1) is 5.59. The maximum atomic E-state index is 10.2. The summed E-state index contributed by atoms with van der Waals surface area (Å²) >= 11 is 0. The lowest BCUT2D eigenvalue weighted by atomic mass is 10.4. The van der Waals surface area contributed by atoms with E-state index in [0.717, 1.165) is 6.20 Å². The molecule has 1 aromatic rings. The van der Waals surface area contributed by atoms with Crippen LogP contribution in [0.15, 0.2) is 12.4 Å². The summed E-state index contributed by atoms with van der Waals surface area (Å²) in [5.74, 6) is 0. The number of rotatable bonds is 3. The summed E-state index contributed by atoms with van der Waals surface area (Å²) in [5.41, 5.74) is -0.0596. The minimum absolute atomic E-state index is 0.0596. The number of aromatic nitrogens is 2. The highest BCUT2D eigenvalue weighted by Crippen LogP contribution is 2.07. The summed E-state index contributed by atoms with van der Waals surface area (Å²) in [6, 6.07) is 0. The number of aliphatic hydroxyl groups excluding tert-OH is 1. The van der Waals surface area contributed by atoms with E-state index in [0.29, 0.717) is 0 Å². The molecule has 0 saturated heterocycles. The molecule has 12 heavy (non-hydrogen) atoms. The van der Waals surface area contributed by atoms with Crippen molar-refractivity contribution in [3.63, 3.8) is 0 Å². The summed E-state index contributed by atoms with van der Waals surface area (Å²) in [6.45, 7) is 1.86. The summed E-state index contributed by atoms with van der Waals surface area (Å²) in [7, 11) is 0. The van der Waals surface area contributed by atoms with Crippen molar-refractivity contribution in [2.24, 2.45) is 0 Å².